The van der Waals surface area contributed by atoms with Crippen LogP contribution in [0.15, 0.2) is 34.9 Å². The van der Waals surface area contributed by atoms with Gasteiger partial charge in [0.05, 0.1) is 10.5 Å². The molecule has 0 fully saturated rings. The lowest BCUT2D eigenvalue weighted by molar-refractivity contribution is -0.385. The summed E-state index contributed by atoms with van der Waals surface area (Å²) in [5, 5.41) is 13.4. The van der Waals surface area contributed by atoms with Gasteiger partial charge in [0.1, 0.15) is 12.0 Å². The fourth-order valence-electron chi connectivity index (χ4n) is 1.66. The number of pyridine rings is 1. The molecule has 3 N–H and O–H groups in total. The van der Waals surface area contributed by atoms with Crippen molar-refractivity contribution in [2.24, 2.45) is 0 Å². The van der Waals surface area contributed by atoms with Gasteiger partial charge in [-0.15, -0.1) is 0 Å². The van der Waals surface area contributed by atoms with Gasteiger partial charge >= 0.3 is 0 Å². The predicted molar refractivity (Wildman–Crippen MR) is 82.1 cm³/mol. The van der Waals surface area contributed by atoms with Crippen molar-refractivity contribution in [2.75, 3.05) is 11.1 Å². The van der Waals surface area contributed by atoms with Gasteiger partial charge in [-0.25, -0.2) is 4.98 Å². The number of nitro groups is 1. The van der Waals surface area contributed by atoms with Gasteiger partial charge in [-0.05, 0) is 24.6 Å². The summed E-state index contributed by atoms with van der Waals surface area (Å²) < 4.78 is 0.800. The molecular weight excluding hydrogens is 340 g/mol. The van der Waals surface area contributed by atoms with E-state index in [1.165, 1.54) is 0 Å². The smallest absolute Gasteiger partial charge is 0.288 e. The number of hydrogen-bond acceptors (Lipinski definition) is 5. The van der Waals surface area contributed by atoms with Crippen molar-refractivity contribution in [1.29, 1.82) is 0 Å². The van der Waals surface area contributed by atoms with E-state index in [0.29, 0.717) is 5.69 Å². The SMILES string of the molecule is Cc1ccc(Br)cc1NC(=O)c1cc([N+](=O)[O-])cnc1N. The molecule has 2 aromatic rings. The molecule has 8 heteroatoms. The zero-order valence-electron chi connectivity index (χ0n) is 11.0. The molecule has 1 amide bonds. The van der Waals surface area contributed by atoms with Gasteiger partial charge < -0.3 is 11.1 Å². The summed E-state index contributed by atoms with van der Waals surface area (Å²) in [4.78, 5) is 26.0. The van der Waals surface area contributed by atoms with Gasteiger partial charge in [0, 0.05) is 16.2 Å². The highest BCUT2D eigenvalue weighted by Crippen LogP contribution is 2.23. The summed E-state index contributed by atoms with van der Waals surface area (Å²) in [6, 6.07) is 6.50. The van der Waals surface area contributed by atoms with Crippen LogP contribution in [0.2, 0.25) is 0 Å². The number of carbonyl (C=O) groups is 1. The van der Waals surface area contributed by atoms with Crippen molar-refractivity contribution in [1.82, 2.24) is 4.98 Å². The largest absolute Gasteiger partial charge is 0.383 e. The molecule has 1 heterocycles. The van der Waals surface area contributed by atoms with Crippen LogP contribution in [0.3, 0.4) is 0 Å². The zero-order valence-corrected chi connectivity index (χ0v) is 12.5. The maximum absolute atomic E-state index is 12.2. The lowest BCUT2D eigenvalue weighted by Gasteiger charge is -2.09. The third kappa shape index (κ3) is 3.34. The Morgan fingerprint density at radius 2 is 2.14 bits per heavy atom. The second-order valence-electron chi connectivity index (χ2n) is 4.30. The maximum Gasteiger partial charge on any atom is 0.288 e. The van der Waals surface area contributed by atoms with Gasteiger partial charge in [-0.3, -0.25) is 14.9 Å². The number of nitrogens with one attached hydrogen (secondary N) is 1. The Balaban J connectivity index is 2.34. The fourth-order valence-corrected chi connectivity index (χ4v) is 2.03. The number of rotatable bonds is 3. The Labute approximate surface area is 128 Å². The average molecular weight is 351 g/mol. The molecule has 7 nitrogen and oxygen atoms in total. The molecule has 1 aromatic heterocycles. The molecule has 0 aliphatic heterocycles. The van der Waals surface area contributed by atoms with E-state index in [0.717, 1.165) is 22.3 Å². The van der Waals surface area contributed by atoms with Crippen molar-refractivity contribution in [3.8, 4) is 0 Å². The number of benzene rings is 1. The summed E-state index contributed by atoms with van der Waals surface area (Å²) in [5.74, 6) is -0.615. The normalized spacial score (nSPS) is 10.2. The molecule has 0 radical (unpaired) electrons. The summed E-state index contributed by atoms with van der Waals surface area (Å²) >= 11 is 3.31. The molecule has 0 spiro atoms. The van der Waals surface area contributed by atoms with Crippen LogP contribution in [-0.2, 0) is 0 Å². The molecular formula is C13H11BrN4O3. The molecule has 1 aromatic carbocycles. The minimum Gasteiger partial charge on any atom is -0.383 e. The second-order valence-corrected chi connectivity index (χ2v) is 5.21. The van der Waals surface area contributed by atoms with Gasteiger partial charge in [0.15, 0.2) is 0 Å². The number of carbonyl (C=O) groups excluding carboxylic acids is 1. The zero-order chi connectivity index (χ0) is 15.6. The lowest BCUT2D eigenvalue weighted by Crippen LogP contribution is -2.16. The first kappa shape index (κ1) is 14.9. The number of nitrogen functional groups attached to an aromatic ring is 1. The topological polar surface area (TPSA) is 111 Å². The van der Waals surface area contributed by atoms with Crippen molar-refractivity contribution >= 4 is 39.0 Å². The van der Waals surface area contributed by atoms with E-state index in [9.17, 15) is 14.9 Å². The molecule has 0 aliphatic carbocycles. The summed E-state index contributed by atoms with van der Waals surface area (Å²) in [7, 11) is 0. The fraction of sp³-hybridized carbons (Fsp3) is 0.0769. The standard InChI is InChI=1S/C13H11BrN4O3/c1-7-2-3-8(14)4-11(7)17-13(19)10-5-9(18(20)21)6-16-12(10)15/h2-6H,1H3,(H2,15,16)(H,17,19). The minimum absolute atomic E-state index is 0.0384. The highest BCUT2D eigenvalue weighted by atomic mass is 79.9. The minimum atomic E-state index is -0.631. The molecule has 0 saturated carbocycles. The van der Waals surface area contributed by atoms with Gasteiger partial charge in [0.25, 0.3) is 11.6 Å². The van der Waals surface area contributed by atoms with Crippen molar-refractivity contribution in [3.05, 3.63) is 56.2 Å². The number of nitrogens with zero attached hydrogens (tertiary/aromatic N) is 2. The molecule has 108 valence electrons. The van der Waals surface area contributed by atoms with Gasteiger partial charge in [-0.2, -0.15) is 0 Å². The molecule has 0 bridgehead atoms. The number of amides is 1. The number of nitrogens with two attached hydrogens (primary N) is 1. The molecule has 2 rings (SSSR count). The van der Waals surface area contributed by atoms with Crippen molar-refractivity contribution in [2.45, 2.75) is 6.92 Å². The molecule has 21 heavy (non-hydrogen) atoms. The Morgan fingerprint density at radius 1 is 1.43 bits per heavy atom. The number of halogens is 1. The summed E-state index contributed by atoms with van der Waals surface area (Å²) in [6.45, 7) is 1.83. The van der Waals surface area contributed by atoms with E-state index in [1.54, 1.807) is 6.07 Å². The first-order valence-electron chi connectivity index (χ1n) is 5.86. The highest BCUT2D eigenvalue weighted by molar-refractivity contribution is 9.10. The number of aromatic nitrogens is 1. The Hall–Kier alpha value is -2.48. The highest BCUT2D eigenvalue weighted by Gasteiger charge is 2.17. The third-order valence-corrected chi connectivity index (χ3v) is 3.30. The van der Waals surface area contributed by atoms with Gasteiger partial charge in [0.2, 0.25) is 0 Å². The summed E-state index contributed by atoms with van der Waals surface area (Å²) in [6.07, 6.45) is 1.01. The third-order valence-electron chi connectivity index (χ3n) is 2.81. The quantitative estimate of drug-likeness (QED) is 0.652. The van der Waals surface area contributed by atoms with E-state index in [4.69, 9.17) is 5.73 Å². The van der Waals surface area contributed by atoms with Gasteiger partial charge in [-0.1, -0.05) is 22.0 Å². The first-order valence-corrected chi connectivity index (χ1v) is 6.65. The first-order chi connectivity index (χ1) is 9.88. The molecule has 0 aliphatic rings. The summed E-state index contributed by atoms with van der Waals surface area (Å²) in [5.41, 5.74) is 6.71. The van der Waals surface area contributed by atoms with E-state index >= 15 is 0 Å². The monoisotopic (exact) mass is 350 g/mol. The van der Waals surface area contributed by atoms with Crippen molar-refractivity contribution < 1.29 is 9.72 Å². The second kappa shape index (κ2) is 5.88. The van der Waals surface area contributed by atoms with Crippen LogP contribution in [-0.4, -0.2) is 15.8 Å². The van der Waals surface area contributed by atoms with Crippen LogP contribution in [0.5, 0.6) is 0 Å². The van der Waals surface area contributed by atoms with E-state index in [2.05, 4.69) is 26.2 Å². The van der Waals surface area contributed by atoms with Crippen LogP contribution < -0.4 is 11.1 Å². The number of aryl methyl sites for hydroxylation is 1. The van der Waals surface area contributed by atoms with Crippen LogP contribution in [0, 0.1) is 17.0 Å². The Kier molecular flexibility index (Phi) is 4.18. The van der Waals surface area contributed by atoms with Crippen LogP contribution in [0.25, 0.3) is 0 Å². The van der Waals surface area contributed by atoms with Crippen LogP contribution >= 0.6 is 15.9 Å². The lowest BCUT2D eigenvalue weighted by atomic mass is 10.1. The van der Waals surface area contributed by atoms with E-state index in [1.807, 2.05) is 19.1 Å². The van der Waals surface area contributed by atoms with Crippen LogP contribution in [0.4, 0.5) is 17.2 Å². The molecule has 0 unspecified atom stereocenters. The molecule has 0 atom stereocenters. The Bertz CT molecular complexity index is 733. The van der Waals surface area contributed by atoms with E-state index < -0.39 is 10.8 Å². The van der Waals surface area contributed by atoms with Crippen molar-refractivity contribution in [3.63, 3.8) is 0 Å². The predicted octanol–water partition coefficient (Wildman–Crippen LogP) is 2.90. The Morgan fingerprint density at radius 3 is 2.81 bits per heavy atom. The van der Waals surface area contributed by atoms with Crippen LogP contribution in [0.1, 0.15) is 15.9 Å². The number of hydrogen-bond donors (Lipinski definition) is 2. The average Bonchev–Trinajstić information content (AvgIpc) is 2.43. The molecule has 0 saturated heterocycles. The number of anilines is 2. The van der Waals surface area contributed by atoms with E-state index in [-0.39, 0.29) is 17.1 Å². The maximum atomic E-state index is 12.2.